The summed E-state index contributed by atoms with van der Waals surface area (Å²) in [5, 5.41) is 2.46. The minimum Gasteiger partial charge on any atom is -0.293 e. The lowest BCUT2D eigenvalue weighted by molar-refractivity contribution is 0.0982. The third-order valence-corrected chi connectivity index (χ3v) is 3.44. The molecule has 0 bridgehead atoms. The molecule has 1 aromatic heterocycles. The van der Waals surface area contributed by atoms with Gasteiger partial charge in [-0.25, -0.2) is 0 Å². The van der Waals surface area contributed by atoms with Gasteiger partial charge in [0.1, 0.15) is 0 Å². The zero-order chi connectivity index (χ0) is 10.6. The quantitative estimate of drug-likeness (QED) is 0.685. The Morgan fingerprint density at radius 1 is 1.57 bits per heavy atom. The molecule has 0 atom stereocenters. The van der Waals surface area contributed by atoms with Gasteiger partial charge in [-0.15, -0.1) is 11.3 Å². The molecular weight excluding hydrogens is 216 g/mol. The molecule has 1 heterocycles. The van der Waals surface area contributed by atoms with E-state index in [0.717, 1.165) is 17.7 Å². The lowest BCUT2D eigenvalue weighted by Gasteiger charge is -2.02. The number of rotatable bonds is 5. The molecule has 78 valence electrons. The molecule has 0 saturated carbocycles. The van der Waals surface area contributed by atoms with Crippen molar-refractivity contribution in [2.24, 2.45) is 5.92 Å². The Bertz CT molecular complexity index is 304. The van der Waals surface area contributed by atoms with Gasteiger partial charge in [0, 0.05) is 6.42 Å². The van der Waals surface area contributed by atoms with E-state index < -0.39 is 0 Å². The van der Waals surface area contributed by atoms with Crippen LogP contribution in [0.1, 0.15) is 42.8 Å². The monoisotopic (exact) mass is 230 g/mol. The smallest absolute Gasteiger partial charge is 0.174 e. The molecule has 0 aromatic carbocycles. The summed E-state index contributed by atoms with van der Waals surface area (Å²) >= 11 is 7.30. The van der Waals surface area contributed by atoms with E-state index in [0.29, 0.717) is 17.4 Å². The van der Waals surface area contributed by atoms with E-state index in [1.165, 1.54) is 11.3 Å². The van der Waals surface area contributed by atoms with Crippen LogP contribution in [0.15, 0.2) is 11.4 Å². The minimum atomic E-state index is 0.186. The number of ketones is 1. The Balaban J connectivity index is 2.40. The highest BCUT2D eigenvalue weighted by molar-refractivity contribution is 7.12. The van der Waals surface area contributed by atoms with Crippen LogP contribution in [0.4, 0.5) is 0 Å². The zero-order valence-corrected chi connectivity index (χ0v) is 10.1. The van der Waals surface area contributed by atoms with Crippen molar-refractivity contribution in [1.29, 1.82) is 0 Å². The molecule has 0 aliphatic heterocycles. The van der Waals surface area contributed by atoms with Crippen LogP contribution in [-0.4, -0.2) is 5.78 Å². The van der Waals surface area contributed by atoms with E-state index in [1.807, 2.05) is 5.38 Å². The minimum absolute atomic E-state index is 0.186. The van der Waals surface area contributed by atoms with Crippen molar-refractivity contribution in [3.63, 3.8) is 0 Å². The molecule has 0 fully saturated rings. The molecule has 0 saturated heterocycles. The standard InChI is InChI=1S/C11H15ClOS/c1-8(2)4-3-5-10(13)11-9(12)6-7-14-11/h6-8H,3-5H2,1-2H3. The van der Waals surface area contributed by atoms with Crippen LogP contribution in [0.25, 0.3) is 0 Å². The molecule has 1 aromatic rings. The van der Waals surface area contributed by atoms with Gasteiger partial charge >= 0.3 is 0 Å². The van der Waals surface area contributed by atoms with Gasteiger partial charge in [-0.3, -0.25) is 4.79 Å². The average molecular weight is 231 g/mol. The van der Waals surface area contributed by atoms with Crippen LogP contribution < -0.4 is 0 Å². The molecule has 0 spiro atoms. The molecule has 0 unspecified atom stereocenters. The summed E-state index contributed by atoms with van der Waals surface area (Å²) in [5.74, 6) is 0.854. The molecular formula is C11H15ClOS. The van der Waals surface area contributed by atoms with Crippen molar-refractivity contribution >= 4 is 28.7 Å². The second-order valence-electron chi connectivity index (χ2n) is 3.81. The van der Waals surface area contributed by atoms with E-state index in [1.54, 1.807) is 6.07 Å². The van der Waals surface area contributed by atoms with Crippen LogP contribution in [0.3, 0.4) is 0 Å². The van der Waals surface area contributed by atoms with Crippen molar-refractivity contribution in [3.05, 3.63) is 21.3 Å². The highest BCUT2D eigenvalue weighted by atomic mass is 35.5. The van der Waals surface area contributed by atoms with E-state index >= 15 is 0 Å². The summed E-state index contributed by atoms with van der Waals surface area (Å²) < 4.78 is 0. The average Bonchev–Trinajstić information content (AvgIpc) is 2.50. The lowest BCUT2D eigenvalue weighted by Crippen LogP contribution is -1.98. The van der Waals surface area contributed by atoms with E-state index in [9.17, 15) is 4.79 Å². The van der Waals surface area contributed by atoms with Crippen LogP contribution >= 0.6 is 22.9 Å². The van der Waals surface area contributed by atoms with Gasteiger partial charge in [0.2, 0.25) is 0 Å². The third kappa shape index (κ3) is 3.43. The number of carbonyl (C=O) groups is 1. The summed E-state index contributed by atoms with van der Waals surface area (Å²) in [6.07, 6.45) is 2.69. The largest absolute Gasteiger partial charge is 0.293 e. The van der Waals surface area contributed by atoms with Gasteiger partial charge in [-0.05, 0) is 23.8 Å². The molecule has 1 rings (SSSR count). The SMILES string of the molecule is CC(C)CCCC(=O)c1sccc1Cl. The van der Waals surface area contributed by atoms with Crippen molar-refractivity contribution in [2.45, 2.75) is 33.1 Å². The van der Waals surface area contributed by atoms with Crippen LogP contribution in [0.2, 0.25) is 5.02 Å². The first-order valence-electron chi connectivity index (χ1n) is 4.87. The summed E-state index contributed by atoms with van der Waals surface area (Å²) in [6, 6.07) is 1.78. The van der Waals surface area contributed by atoms with Crippen LogP contribution in [0.5, 0.6) is 0 Å². The zero-order valence-electron chi connectivity index (χ0n) is 8.55. The fourth-order valence-corrected chi connectivity index (χ4v) is 2.41. The van der Waals surface area contributed by atoms with Gasteiger partial charge in [0.25, 0.3) is 0 Å². The fraction of sp³-hybridized carbons (Fsp3) is 0.545. The predicted molar refractivity (Wildman–Crippen MR) is 62.3 cm³/mol. The van der Waals surface area contributed by atoms with Crippen molar-refractivity contribution in [3.8, 4) is 0 Å². The highest BCUT2D eigenvalue weighted by Gasteiger charge is 2.11. The third-order valence-electron chi connectivity index (χ3n) is 2.06. The second kappa shape index (κ2) is 5.52. The Morgan fingerprint density at radius 2 is 2.29 bits per heavy atom. The van der Waals surface area contributed by atoms with Gasteiger partial charge in [-0.1, -0.05) is 31.9 Å². The number of hydrogen-bond acceptors (Lipinski definition) is 2. The molecule has 0 aliphatic rings. The Labute approximate surface area is 94.1 Å². The number of thiophene rings is 1. The summed E-state index contributed by atoms with van der Waals surface area (Å²) in [4.78, 5) is 12.4. The maximum atomic E-state index is 11.6. The van der Waals surface area contributed by atoms with Crippen molar-refractivity contribution in [2.75, 3.05) is 0 Å². The van der Waals surface area contributed by atoms with Gasteiger partial charge in [0.15, 0.2) is 5.78 Å². The first kappa shape index (κ1) is 11.7. The predicted octanol–water partition coefficient (Wildman–Crippen LogP) is 4.41. The highest BCUT2D eigenvalue weighted by Crippen LogP contribution is 2.24. The first-order chi connectivity index (χ1) is 6.61. The summed E-state index contributed by atoms with van der Waals surface area (Å²) in [7, 11) is 0. The summed E-state index contributed by atoms with van der Waals surface area (Å²) in [5.41, 5.74) is 0. The topological polar surface area (TPSA) is 17.1 Å². The fourth-order valence-electron chi connectivity index (χ4n) is 1.28. The number of Topliss-reactive ketones (excluding diaryl/α,β-unsaturated/α-hetero) is 1. The maximum Gasteiger partial charge on any atom is 0.174 e. The number of halogens is 1. The molecule has 0 aliphatic carbocycles. The van der Waals surface area contributed by atoms with Gasteiger partial charge < -0.3 is 0 Å². The Kier molecular flexibility index (Phi) is 4.63. The molecule has 1 nitrogen and oxygen atoms in total. The normalized spacial score (nSPS) is 10.9. The number of carbonyl (C=O) groups excluding carboxylic acids is 1. The van der Waals surface area contributed by atoms with Crippen molar-refractivity contribution < 1.29 is 4.79 Å². The van der Waals surface area contributed by atoms with Gasteiger partial charge in [0.05, 0.1) is 9.90 Å². The molecule has 14 heavy (non-hydrogen) atoms. The van der Waals surface area contributed by atoms with E-state index in [2.05, 4.69) is 13.8 Å². The molecule has 0 amide bonds. The first-order valence-corrected chi connectivity index (χ1v) is 6.13. The molecule has 0 N–H and O–H groups in total. The molecule has 3 heteroatoms. The number of hydrogen-bond donors (Lipinski definition) is 0. The van der Waals surface area contributed by atoms with E-state index in [-0.39, 0.29) is 5.78 Å². The van der Waals surface area contributed by atoms with E-state index in [4.69, 9.17) is 11.6 Å². The maximum absolute atomic E-state index is 11.6. The Morgan fingerprint density at radius 3 is 2.79 bits per heavy atom. The summed E-state index contributed by atoms with van der Waals surface area (Å²) in [6.45, 7) is 4.34. The van der Waals surface area contributed by atoms with Crippen molar-refractivity contribution in [1.82, 2.24) is 0 Å². The van der Waals surface area contributed by atoms with Crippen LogP contribution in [-0.2, 0) is 0 Å². The second-order valence-corrected chi connectivity index (χ2v) is 5.13. The Hall–Kier alpha value is -0.340. The lowest BCUT2D eigenvalue weighted by atomic mass is 10.0. The molecule has 0 radical (unpaired) electrons. The van der Waals surface area contributed by atoms with Gasteiger partial charge in [-0.2, -0.15) is 0 Å². The van der Waals surface area contributed by atoms with Crippen LogP contribution in [0, 0.1) is 5.92 Å².